The molecule has 2 N–H and O–H groups in total. The number of benzene rings is 2. The number of ether oxygens (including phenoxy) is 1. The molecular formula is C16H11F7N2OS. The van der Waals surface area contributed by atoms with E-state index in [0.29, 0.717) is 0 Å². The largest absolute Gasteiger partial charge is 0.495 e. The van der Waals surface area contributed by atoms with E-state index in [0.717, 1.165) is 5.56 Å². The second-order valence-corrected chi connectivity index (χ2v) is 5.69. The van der Waals surface area contributed by atoms with Crippen LogP contribution in [0.25, 0.3) is 0 Å². The number of methoxy groups -OCH3 is 1. The maximum Gasteiger partial charge on any atom is 0.422 e. The van der Waals surface area contributed by atoms with Gasteiger partial charge in [-0.3, -0.25) is 0 Å². The Labute approximate surface area is 154 Å². The van der Waals surface area contributed by atoms with Gasteiger partial charge in [0, 0.05) is 0 Å². The highest BCUT2D eigenvalue weighted by atomic mass is 32.1. The molecule has 0 amide bonds. The molecule has 2 aromatic carbocycles. The third kappa shape index (κ3) is 4.24. The van der Waals surface area contributed by atoms with Crippen LogP contribution in [0.4, 0.5) is 42.1 Å². The van der Waals surface area contributed by atoms with Gasteiger partial charge in [0.1, 0.15) is 17.0 Å². The molecule has 27 heavy (non-hydrogen) atoms. The van der Waals surface area contributed by atoms with Gasteiger partial charge in [-0.15, -0.1) is 0 Å². The predicted octanol–water partition coefficient (Wildman–Crippen LogP) is 5.39. The van der Waals surface area contributed by atoms with Gasteiger partial charge in [0.25, 0.3) is 0 Å². The van der Waals surface area contributed by atoms with E-state index in [1.54, 1.807) is 25.1 Å². The molecule has 11 heteroatoms. The Morgan fingerprint density at radius 2 is 1.52 bits per heavy atom. The predicted molar refractivity (Wildman–Crippen MR) is 88.9 cm³/mol. The highest BCUT2D eigenvalue weighted by Gasteiger charge is 2.42. The molecule has 0 aromatic heterocycles. The molecule has 0 fully saturated rings. The fourth-order valence-corrected chi connectivity index (χ4v) is 2.39. The van der Waals surface area contributed by atoms with Crippen LogP contribution in [0, 0.1) is 30.2 Å². The number of halogens is 7. The molecule has 0 aliphatic rings. The Morgan fingerprint density at radius 1 is 0.963 bits per heavy atom. The topological polar surface area (TPSA) is 33.3 Å². The van der Waals surface area contributed by atoms with Crippen LogP contribution in [0.5, 0.6) is 5.75 Å². The van der Waals surface area contributed by atoms with Crippen LogP contribution in [0.2, 0.25) is 0 Å². The zero-order valence-electron chi connectivity index (χ0n) is 13.7. The van der Waals surface area contributed by atoms with E-state index >= 15 is 0 Å². The summed E-state index contributed by atoms with van der Waals surface area (Å²) in [7, 11) is 1.34. The summed E-state index contributed by atoms with van der Waals surface area (Å²) in [5.41, 5.74) is -3.15. The Balaban J connectivity index is 2.38. The lowest BCUT2D eigenvalue weighted by molar-refractivity contribution is -0.143. The van der Waals surface area contributed by atoms with E-state index in [-0.39, 0.29) is 11.4 Å². The van der Waals surface area contributed by atoms with Gasteiger partial charge in [0.2, 0.25) is 0 Å². The average molecular weight is 412 g/mol. The molecule has 2 rings (SSSR count). The lowest BCUT2D eigenvalue weighted by Crippen LogP contribution is -2.23. The van der Waals surface area contributed by atoms with Crippen molar-refractivity contribution < 1.29 is 35.5 Å². The first kappa shape index (κ1) is 20.7. The molecule has 2 aromatic rings. The van der Waals surface area contributed by atoms with E-state index in [1.165, 1.54) is 7.11 Å². The first-order valence-electron chi connectivity index (χ1n) is 7.13. The van der Waals surface area contributed by atoms with Crippen LogP contribution in [-0.2, 0) is 6.18 Å². The molecule has 3 nitrogen and oxygen atoms in total. The van der Waals surface area contributed by atoms with Crippen molar-refractivity contribution in [2.24, 2.45) is 0 Å². The molecule has 0 radical (unpaired) electrons. The summed E-state index contributed by atoms with van der Waals surface area (Å²) in [4.78, 5) is 0. The summed E-state index contributed by atoms with van der Waals surface area (Å²) in [6, 6.07) is 4.80. The van der Waals surface area contributed by atoms with Crippen LogP contribution in [0.15, 0.2) is 18.2 Å². The number of hydrogen-bond acceptors (Lipinski definition) is 2. The summed E-state index contributed by atoms with van der Waals surface area (Å²) >= 11 is 4.80. The molecule has 0 saturated carbocycles. The fourth-order valence-electron chi connectivity index (χ4n) is 2.18. The third-order valence-corrected chi connectivity index (χ3v) is 3.59. The maximum absolute atomic E-state index is 13.9. The summed E-state index contributed by atoms with van der Waals surface area (Å²) in [5.74, 6) is -9.40. The van der Waals surface area contributed by atoms with Crippen molar-refractivity contribution in [2.45, 2.75) is 13.1 Å². The van der Waals surface area contributed by atoms with E-state index in [4.69, 9.17) is 17.0 Å². The summed E-state index contributed by atoms with van der Waals surface area (Å²) in [6.07, 6.45) is -5.62. The molecule has 0 heterocycles. The standard InChI is InChI=1S/C16H11F7N2OS/c1-6-3-4-8(26-2)7(5-6)24-15(27)25-14-12(19)10(17)9(16(21,22)23)11(18)13(14)20/h3-5H,1-2H3,(H2,24,25,27). The van der Waals surface area contributed by atoms with E-state index in [9.17, 15) is 30.7 Å². The number of aryl methyl sites for hydroxylation is 1. The van der Waals surface area contributed by atoms with Crippen molar-refractivity contribution in [1.82, 2.24) is 0 Å². The number of hydrogen-bond donors (Lipinski definition) is 2. The first-order chi connectivity index (χ1) is 12.5. The number of thiocarbonyl (C=S) groups is 1. The quantitative estimate of drug-likeness (QED) is 0.403. The zero-order chi connectivity index (χ0) is 20.5. The van der Waals surface area contributed by atoms with Gasteiger partial charge in [-0.1, -0.05) is 6.07 Å². The Morgan fingerprint density at radius 3 is 2.00 bits per heavy atom. The van der Waals surface area contributed by atoms with Crippen LogP contribution in [0.3, 0.4) is 0 Å². The lowest BCUT2D eigenvalue weighted by atomic mass is 10.1. The van der Waals surface area contributed by atoms with Crippen molar-refractivity contribution in [3.05, 3.63) is 52.6 Å². The molecule has 0 aliphatic carbocycles. The molecular weight excluding hydrogens is 401 g/mol. The average Bonchev–Trinajstić information content (AvgIpc) is 2.56. The molecule has 0 atom stereocenters. The van der Waals surface area contributed by atoms with Gasteiger partial charge in [-0.2, -0.15) is 13.2 Å². The van der Waals surface area contributed by atoms with E-state index in [2.05, 4.69) is 5.32 Å². The van der Waals surface area contributed by atoms with Crippen LogP contribution >= 0.6 is 12.2 Å². The van der Waals surface area contributed by atoms with Gasteiger partial charge >= 0.3 is 6.18 Å². The fraction of sp³-hybridized carbons (Fsp3) is 0.188. The van der Waals surface area contributed by atoms with Gasteiger partial charge in [-0.25, -0.2) is 17.6 Å². The highest BCUT2D eigenvalue weighted by molar-refractivity contribution is 7.80. The Bertz CT molecular complexity index is 870. The molecule has 146 valence electrons. The smallest absolute Gasteiger partial charge is 0.422 e. The second-order valence-electron chi connectivity index (χ2n) is 5.29. The van der Waals surface area contributed by atoms with Crippen molar-refractivity contribution in [3.63, 3.8) is 0 Å². The van der Waals surface area contributed by atoms with Crippen LogP contribution < -0.4 is 15.4 Å². The number of anilines is 2. The number of alkyl halides is 3. The van der Waals surface area contributed by atoms with Crippen molar-refractivity contribution in [1.29, 1.82) is 0 Å². The van der Waals surface area contributed by atoms with Crippen molar-refractivity contribution in [3.8, 4) is 5.75 Å². The minimum atomic E-state index is -5.62. The summed E-state index contributed by atoms with van der Waals surface area (Å²) in [6.45, 7) is 1.72. The minimum Gasteiger partial charge on any atom is -0.495 e. The van der Waals surface area contributed by atoms with Crippen molar-refractivity contribution in [2.75, 3.05) is 17.7 Å². The molecule has 0 aliphatic heterocycles. The normalized spacial score (nSPS) is 11.3. The summed E-state index contributed by atoms with van der Waals surface area (Å²) < 4.78 is 97.8. The van der Waals surface area contributed by atoms with E-state index in [1.807, 2.05) is 5.32 Å². The SMILES string of the molecule is COc1ccc(C)cc1NC(=S)Nc1c(F)c(F)c(C(F)(F)F)c(F)c1F. The van der Waals surface area contributed by atoms with Gasteiger partial charge < -0.3 is 15.4 Å². The van der Waals surface area contributed by atoms with Crippen LogP contribution in [-0.4, -0.2) is 12.2 Å². The van der Waals surface area contributed by atoms with Gasteiger partial charge in [-0.05, 0) is 36.8 Å². The van der Waals surface area contributed by atoms with Crippen LogP contribution in [0.1, 0.15) is 11.1 Å². The summed E-state index contributed by atoms with van der Waals surface area (Å²) in [5, 5.41) is 3.78. The Kier molecular flexibility index (Phi) is 5.83. The number of nitrogens with one attached hydrogen (secondary N) is 2. The number of rotatable bonds is 3. The molecule has 0 saturated heterocycles. The minimum absolute atomic E-state index is 0.253. The monoisotopic (exact) mass is 412 g/mol. The molecule has 0 spiro atoms. The highest BCUT2D eigenvalue weighted by Crippen LogP contribution is 2.38. The lowest BCUT2D eigenvalue weighted by Gasteiger charge is -2.17. The van der Waals surface area contributed by atoms with Gasteiger partial charge in [0.05, 0.1) is 12.8 Å². The maximum atomic E-state index is 13.9. The Hall–Kier alpha value is -2.56. The zero-order valence-corrected chi connectivity index (χ0v) is 14.5. The second kappa shape index (κ2) is 7.59. The van der Waals surface area contributed by atoms with Crippen molar-refractivity contribution >= 4 is 28.7 Å². The molecule has 0 unspecified atom stereocenters. The van der Waals surface area contributed by atoms with Gasteiger partial charge in [0.15, 0.2) is 28.4 Å². The first-order valence-corrected chi connectivity index (χ1v) is 7.54. The molecule has 0 bridgehead atoms. The van der Waals surface area contributed by atoms with E-state index < -0.39 is 45.8 Å². The third-order valence-electron chi connectivity index (χ3n) is 3.39.